The fraction of sp³-hybridized carbons (Fsp3) is 0.889. The van der Waals surface area contributed by atoms with Crippen LogP contribution in [0.15, 0.2) is 0 Å². The molecule has 0 saturated carbocycles. The zero-order valence-electron chi connectivity index (χ0n) is 11.4. The van der Waals surface area contributed by atoms with Crippen molar-refractivity contribution in [1.82, 2.24) is 14.1 Å². The molecule has 2 N–H and O–H groups in total. The molecule has 1 heterocycles. The van der Waals surface area contributed by atoms with Crippen LogP contribution in [0.4, 0.5) is 0 Å². The number of carbonyl (C=O) groups is 1. The second kappa shape index (κ2) is 7.20. The van der Waals surface area contributed by atoms with Crippen molar-refractivity contribution in [3.63, 3.8) is 0 Å². The summed E-state index contributed by atoms with van der Waals surface area (Å²) in [6, 6.07) is -1.31. The lowest BCUT2D eigenvalue weighted by Crippen LogP contribution is -2.61. The maximum Gasteiger partial charge on any atom is 0.263 e. The number of nitrogens with one attached hydrogen (secondary N) is 1. The Morgan fingerprint density at radius 2 is 1.95 bits per heavy atom. The number of alkyl halides is 1. The predicted molar refractivity (Wildman–Crippen MR) is 76.0 cm³/mol. The first-order valence-electron chi connectivity index (χ1n) is 6.08. The van der Waals surface area contributed by atoms with Gasteiger partial charge in [0.25, 0.3) is 5.91 Å². The minimum absolute atomic E-state index is 0.0475. The third kappa shape index (κ3) is 4.76. The van der Waals surface area contributed by atoms with Crippen LogP contribution in [0.1, 0.15) is 6.42 Å². The van der Waals surface area contributed by atoms with Gasteiger partial charge < -0.3 is 0 Å². The Balaban J connectivity index is 3.02. The summed E-state index contributed by atoms with van der Waals surface area (Å²) < 4.78 is 49.3. The molecule has 1 fully saturated rings. The average Bonchev–Trinajstić information content (AvgIpc) is 2.42. The molecule has 1 amide bonds. The summed E-state index contributed by atoms with van der Waals surface area (Å²) in [4.78, 5) is 11.7. The van der Waals surface area contributed by atoms with E-state index in [1.165, 1.54) is 5.48 Å². The fourth-order valence-electron chi connectivity index (χ4n) is 2.02. The molecule has 1 saturated heterocycles. The van der Waals surface area contributed by atoms with Crippen molar-refractivity contribution >= 4 is 37.6 Å². The van der Waals surface area contributed by atoms with Crippen molar-refractivity contribution in [2.45, 2.75) is 12.5 Å². The Labute approximate surface area is 128 Å². The van der Waals surface area contributed by atoms with Gasteiger partial charge in [0.1, 0.15) is 6.04 Å². The highest BCUT2D eigenvalue weighted by molar-refractivity contribution is 7.89. The van der Waals surface area contributed by atoms with Crippen molar-refractivity contribution in [2.24, 2.45) is 0 Å². The first kappa shape index (κ1) is 18.6. The molecule has 0 aromatic rings. The molecule has 12 heteroatoms. The minimum atomic E-state index is -3.76. The van der Waals surface area contributed by atoms with E-state index in [-0.39, 0.29) is 37.7 Å². The van der Waals surface area contributed by atoms with Gasteiger partial charge >= 0.3 is 0 Å². The highest BCUT2D eigenvalue weighted by Gasteiger charge is 2.41. The Morgan fingerprint density at radius 3 is 2.43 bits per heavy atom. The van der Waals surface area contributed by atoms with E-state index in [0.717, 1.165) is 14.9 Å². The smallest absolute Gasteiger partial charge is 0.263 e. The maximum absolute atomic E-state index is 12.2. The van der Waals surface area contributed by atoms with Crippen molar-refractivity contribution in [3.05, 3.63) is 0 Å². The van der Waals surface area contributed by atoms with E-state index in [0.29, 0.717) is 0 Å². The summed E-state index contributed by atoms with van der Waals surface area (Å²) in [7, 11) is -7.32. The normalized spacial score (nSPS) is 22.1. The number of halogens is 1. The largest absolute Gasteiger partial charge is 0.289 e. The zero-order valence-corrected chi connectivity index (χ0v) is 13.8. The molecular formula is C9H18ClN3O6S2. The molecule has 0 aromatic carbocycles. The third-order valence-electron chi connectivity index (χ3n) is 3.07. The van der Waals surface area contributed by atoms with Gasteiger partial charge in [-0.1, -0.05) is 0 Å². The zero-order chi connectivity index (χ0) is 16.3. The summed E-state index contributed by atoms with van der Waals surface area (Å²) in [5, 5.41) is 8.73. The molecule has 0 unspecified atom stereocenters. The Hall–Kier alpha value is -0.460. The molecule has 0 radical (unpaired) electrons. The highest BCUT2D eigenvalue weighted by Crippen LogP contribution is 2.18. The first-order chi connectivity index (χ1) is 9.63. The molecule has 1 atom stereocenters. The van der Waals surface area contributed by atoms with E-state index >= 15 is 0 Å². The summed E-state index contributed by atoms with van der Waals surface area (Å²) in [5.74, 6) is -1.07. The van der Waals surface area contributed by atoms with E-state index in [1.54, 1.807) is 0 Å². The van der Waals surface area contributed by atoms with Gasteiger partial charge in [-0.25, -0.2) is 22.3 Å². The van der Waals surface area contributed by atoms with Crippen molar-refractivity contribution in [1.29, 1.82) is 0 Å². The Kier molecular flexibility index (Phi) is 6.37. The molecule has 0 aromatic heterocycles. The number of sulfonamides is 2. The minimum Gasteiger partial charge on any atom is -0.289 e. The second-order valence-electron chi connectivity index (χ2n) is 4.58. The van der Waals surface area contributed by atoms with E-state index in [1.807, 2.05) is 0 Å². The van der Waals surface area contributed by atoms with Crippen molar-refractivity contribution < 1.29 is 26.8 Å². The first-order valence-corrected chi connectivity index (χ1v) is 10.1. The Morgan fingerprint density at radius 1 is 1.33 bits per heavy atom. The molecule has 124 valence electrons. The van der Waals surface area contributed by atoms with Crippen LogP contribution in [-0.2, 0) is 24.8 Å². The molecule has 9 nitrogen and oxygen atoms in total. The van der Waals surface area contributed by atoms with Crippen molar-refractivity contribution in [2.75, 3.05) is 37.5 Å². The van der Waals surface area contributed by atoms with E-state index in [9.17, 15) is 21.6 Å². The van der Waals surface area contributed by atoms with Crippen LogP contribution in [0.2, 0.25) is 0 Å². The van der Waals surface area contributed by atoms with Gasteiger partial charge in [0, 0.05) is 25.5 Å². The van der Waals surface area contributed by atoms with Crippen LogP contribution in [0, 0.1) is 0 Å². The van der Waals surface area contributed by atoms with E-state index in [4.69, 9.17) is 16.8 Å². The van der Waals surface area contributed by atoms with Gasteiger partial charge in [-0.2, -0.15) is 8.61 Å². The molecule has 1 aliphatic rings. The molecule has 0 spiro atoms. The van der Waals surface area contributed by atoms with E-state index < -0.39 is 32.0 Å². The second-order valence-corrected chi connectivity index (χ2v) is 8.98. The molecule has 0 bridgehead atoms. The van der Waals surface area contributed by atoms with Crippen LogP contribution in [0.5, 0.6) is 0 Å². The molecule has 21 heavy (non-hydrogen) atoms. The summed E-state index contributed by atoms with van der Waals surface area (Å²) in [6.45, 7) is -0.546. The third-order valence-corrected chi connectivity index (χ3v) is 6.56. The fourth-order valence-corrected chi connectivity index (χ4v) is 4.79. The number of hydroxylamine groups is 1. The van der Waals surface area contributed by atoms with Crippen molar-refractivity contribution in [3.8, 4) is 0 Å². The summed E-state index contributed by atoms with van der Waals surface area (Å²) in [6.07, 6.45) is 1.18. The number of rotatable bonds is 6. The van der Waals surface area contributed by atoms with E-state index in [2.05, 4.69) is 0 Å². The van der Waals surface area contributed by atoms with Gasteiger partial charge in [-0.05, 0) is 6.42 Å². The number of hydrogen-bond acceptors (Lipinski definition) is 6. The monoisotopic (exact) mass is 363 g/mol. The van der Waals surface area contributed by atoms with Gasteiger partial charge in [-0.3, -0.25) is 10.0 Å². The lowest BCUT2D eigenvalue weighted by molar-refractivity contribution is -0.134. The summed E-state index contributed by atoms with van der Waals surface area (Å²) >= 11 is 5.47. The predicted octanol–water partition coefficient (Wildman–Crippen LogP) is -1.60. The van der Waals surface area contributed by atoms with Crippen LogP contribution in [0.3, 0.4) is 0 Å². The molecular weight excluding hydrogens is 346 g/mol. The van der Waals surface area contributed by atoms with Crippen LogP contribution in [0.25, 0.3) is 0 Å². The number of hydrogen-bond donors (Lipinski definition) is 2. The standard InChI is InChI=1S/C9H18ClN3O6S2/c1-20(16,17)12-4-5-13(8(7-12)9(14)11-15)21(18,19)6-2-3-10/h8,15H,2-7H2,1H3,(H,11,14)/t8-/m0/s1. The molecule has 1 rings (SSSR count). The summed E-state index contributed by atoms with van der Waals surface area (Å²) in [5.41, 5.74) is 1.37. The maximum atomic E-state index is 12.2. The lowest BCUT2D eigenvalue weighted by atomic mass is 10.2. The highest BCUT2D eigenvalue weighted by atomic mass is 35.5. The van der Waals surface area contributed by atoms with Crippen LogP contribution < -0.4 is 5.48 Å². The quantitative estimate of drug-likeness (QED) is 0.332. The number of piperazine rings is 1. The number of amides is 1. The number of nitrogens with zero attached hydrogens (tertiary/aromatic N) is 2. The topological polar surface area (TPSA) is 124 Å². The van der Waals surface area contributed by atoms with Gasteiger partial charge in [0.2, 0.25) is 20.0 Å². The molecule has 0 aliphatic carbocycles. The van der Waals surface area contributed by atoms with Gasteiger partial charge in [0.15, 0.2) is 0 Å². The SMILES string of the molecule is CS(=O)(=O)N1CCN(S(=O)(=O)CCCCl)[C@H](C(=O)NO)C1. The van der Waals surface area contributed by atoms with Gasteiger partial charge in [0.05, 0.1) is 12.0 Å². The van der Waals surface area contributed by atoms with Gasteiger partial charge in [-0.15, -0.1) is 11.6 Å². The lowest BCUT2D eigenvalue weighted by Gasteiger charge is -2.38. The Bertz CT molecular complexity index is 578. The van der Waals surface area contributed by atoms with Crippen LogP contribution in [-0.4, -0.2) is 80.1 Å². The molecule has 1 aliphatic heterocycles. The average molecular weight is 364 g/mol. The van der Waals surface area contributed by atoms with Crippen LogP contribution >= 0.6 is 11.6 Å². The number of carbonyl (C=O) groups excluding carboxylic acids is 1.